The number of thioether (sulfide) groups is 1. The molecule has 0 bridgehead atoms. The van der Waals surface area contributed by atoms with Crippen molar-refractivity contribution in [1.82, 2.24) is 5.32 Å². The van der Waals surface area contributed by atoms with E-state index in [-0.39, 0.29) is 0 Å². The van der Waals surface area contributed by atoms with Crippen LogP contribution in [0.3, 0.4) is 0 Å². The third-order valence-corrected chi connectivity index (χ3v) is 3.44. The van der Waals surface area contributed by atoms with Gasteiger partial charge in [-0.1, -0.05) is 0 Å². The Morgan fingerprint density at radius 3 is 3.17 bits per heavy atom. The van der Waals surface area contributed by atoms with Crippen LogP contribution in [0.2, 0.25) is 0 Å². The van der Waals surface area contributed by atoms with Gasteiger partial charge in [0.25, 0.3) is 0 Å². The van der Waals surface area contributed by atoms with E-state index in [4.69, 9.17) is 4.74 Å². The van der Waals surface area contributed by atoms with Gasteiger partial charge in [0, 0.05) is 13.7 Å². The van der Waals surface area contributed by atoms with Crippen LogP contribution in [0.25, 0.3) is 0 Å². The summed E-state index contributed by atoms with van der Waals surface area (Å²) >= 11 is 2.07. The maximum absolute atomic E-state index is 4.99. The van der Waals surface area contributed by atoms with Gasteiger partial charge in [0.1, 0.15) is 0 Å². The van der Waals surface area contributed by atoms with Crippen LogP contribution < -0.4 is 5.32 Å². The van der Waals surface area contributed by atoms with E-state index in [9.17, 15) is 0 Å². The lowest BCUT2D eigenvalue weighted by Crippen LogP contribution is -2.10. The zero-order valence-electron chi connectivity index (χ0n) is 7.84. The van der Waals surface area contributed by atoms with Crippen LogP contribution in [0.1, 0.15) is 12.8 Å². The molecule has 1 heterocycles. The van der Waals surface area contributed by atoms with Gasteiger partial charge in [-0.15, -0.1) is 0 Å². The highest BCUT2D eigenvalue weighted by molar-refractivity contribution is 7.99. The van der Waals surface area contributed by atoms with E-state index >= 15 is 0 Å². The molecule has 0 saturated carbocycles. The number of methoxy groups -OCH3 is 1. The first-order chi connectivity index (χ1) is 5.93. The number of ether oxygens (including phenoxy) is 1. The quantitative estimate of drug-likeness (QED) is 0.638. The lowest BCUT2D eigenvalue weighted by Gasteiger charge is -2.06. The van der Waals surface area contributed by atoms with Crippen LogP contribution in [0.4, 0.5) is 0 Å². The molecule has 1 unspecified atom stereocenters. The lowest BCUT2D eigenvalue weighted by atomic mass is 10.2. The normalized spacial score (nSPS) is 23.2. The van der Waals surface area contributed by atoms with Crippen molar-refractivity contribution < 1.29 is 4.74 Å². The Bertz CT molecular complexity index is 105. The minimum absolute atomic E-state index is 0.913. The summed E-state index contributed by atoms with van der Waals surface area (Å²) in [5.41, 5.74) is 0. The Hall–Kier alpha value is 0.270. The van der Waals surface area contributed by atoms with E-state index in [0.29, 0.717) is 0 Å². The first-order valence-corrected chi connectivity index (χ1v) is 5.86. The number of hydrogen-bond acceptors (Lipinski definition) is 3. The van der Waals surface area contributed by atoms with Crippen molar-refractivity contribution in [3.05, 3.63) is 0 Å². The third-order valence-electron chi connectivity index (χ3n) is 2.15. The molecule has 1 saturated heterocycles. The van der Waals surface area contributed by atoms with Crippen molar-refractivity contribution >= 4 is 11.8 Å². The summed E-state index contributed by atoms with van der Waals surface area (Å²) in [7, 11) is 1.77. The SMILES string of the molecule is COCCCSCC1CCNC1. The molecule has 1 aliphatic heterocycles. The molecule has 0 amide bonds. The number of hydrogen-bond donors (Lipinski definition) is 1. The van der Waals surface area contributed by atoms with Crippen LogP contribution in [-0.2, 0) is 4.74 Å². The van der Waals surface area contributed by atoms with E-state index in [2.05, 4.69) is 17.1 Å². The highest BCUT2D eigenvalue weighted by Gasteiger charge is 2.13. The molecule has 0 aromatic carbocycles. The summed E-state index contributed by atoms with van der Waals surface area (Å²) in [6.07, 6.45) is 2.57. The fraction of sp³-hybridized carbons (Fsp3) is 1.00. The second-order valence-electron chi connectivity index (χ2n) is 3.28. The van der Waals surface area contributed by atoms with Gasteiger partial charge in [-0.25, -0.2) is 0 Å². The molecule has 0 aromatic heterocycles. The molecule has 0 aromatic rings. The molecule has 0 aliphatic carbocycles. The average Bonchev–Trinajstić information content (AvgIpc) is 2.57. The summed E-state index contributed by atoms with van der Waals surface area (Å²) in [6.45, 7) is 3.37. The van der Waals surface area contributed by atoms with Crippen LogP contribution >= 0.6 is 11.8 Å². The summed E-state index contributed by atoms with van der Waals surface area (Å²) in [4.78, 5) is 0. The smallest absolute Gasteiger partial charge is 0.0470 e. The molecule has 1 N–H and O–H groups in total. The number of nitrogens with one attached hydrogen (secondary N) is 1. The average molecular weight is 189 g/mol. The van der Waals surface area contributed by atoms with Crippen molar-refractivity contribution in [2.45, 2.75) is 12.8 Å². The summed E-state index contributed by atoms with van der Waals surface area (Å²) in [5.74, 6) is 3.51. The third kappa shape index (κ3) is 4.33. The maximum atomic E-state index is 4.99. The molecule has 72 valence electrons. The van der Waals surface area contributed by atoms with Crippen molar-refractivity contribution in [3.63, 3.8) is 0 Å². The Morgan fingerprint density at radius 2 is 2.50 bits per heavy atom. The van der Waals surface area contributed by atoms with Crippen molar-refractivity contribution in [1.29, 1.82) is 0 Å². The van der Waals surface area contributed by atoms with E-state index in [1.807, 2.05) is 0 Å². The van der Waals surface area contributed by atoms with Gasteiger partial charge in [-0.2, -0.15) is 11.8 Å². The molecule has 12 heavy (non-hydrogen) atoms. The molecule has 0 radical (unpaired) electrons. The zero-order valence-corrected chi connectivity index (χ0v) is 8.66. The standard InChI is InChI=1S/C9H19NOS/c1-11-5-2-6-12-8-9-3-4-10-7-9/h9-10H,2-8H2,1H3. The van der Waals surface area contributed by atoms with Gasteiger partial charge < -0.3 is 10.1 Å². The first-order valence-electron chi connectivity index (χ1n) is 4.71. The van der Waals surface area contributed by atoms with E-state index in [1.54, 1.807) is 7.11 Å². The highest BCUT2D eigenvalue weighted by atomic mass is 32.2. The first kappa shape index (κ1) is 10.4. The van der Waals surface area contributed by atoms with E-state index in [0.717, 1.165) is 12.5 Å². The van der Waals surface area contributed by atoms with Crippen LogP contribution in [0, 0.1) is 5.92 Å². The van der Waals surface area contributed by atoms with E-state index < -0.39 is 0 Å². The summed E-state index contributed by atoms with van der Waals surface area (Å²) < 4.78 is 4.99. The predicted octanol–water partition coefficient (Wildman–Crippen LogP) is 1.37. The monoisotopic (exact) mass is 189 g/mol. The maximum Gasteiger partial charge on any atom is 0.0470 e. The van der Waals surface area contributed by atoms with Crippen molar-refractivity contribution in [2.24, 2.45) is 5.92 Å². The van der Waals surface area contributed by atoms with Gasteiger partial charge in [0.2, 0.25) is 0 Å². The van der Waals surface area contributed by atoms with Crippen molar-refractivity contribution in [2.75, 3.05) is 38.3 Å². The molecular weight excluding hydrogens is 170 g/mol. The second-order valence-corrected chi connectivity index (χ2v) is 4.43. The molecule has 3 heteroatoms. The van der Waals surface area contributed by atoms with Gasteiger partial charge in [-0.05, 0) is 43.4 Å². The van der Waals surface area contributed by atoms with Gasteiger partial charge in [0.15, 0.2) is 0 Å². The number of rotatable bonds is 6. The lowest BCUT2D eigenvalue weighted by molar-refractivity contribution is 0.200. The molecule has 1 atom stereocenters. The van der Waals surface area contributed by atoms with Crippen LogP contribution in [0.15, 0.2) is 0 Å². The summed E-state index contributed by atoms with van der Waals surface area (Å²) in [6, 6.07) is 0. The minimum atomic E-state index is 0.913. The molecular formula is C9H19NOS. The van der Waals surface area contributed by atoms with Gasteiger partial charge in [0.05, 0.1) is 0 Å². The molecule has 1 rings (SSSR count). The Balaban J connectivity index is 1.81. The highest BCUT2D eigenvalue weighted by Crippen LogP contribution is 2.15. The predicted molar refractivity (Wildman–Crippen MR) is 54.8 cm³/mol. The molecule has 1 fully saturated rings. The largest absolute Gasteiger partial charge is 0.385 e. The Morgan fingerprint density at radius 1 is 1.58 bits per heavy atom. The van der Waals surface area contributed by atoms with Crippen LogP contribution in [0.5, 0.6) is 0 Å². The minimum Gasteiger partial charge on any atom is -0.385 e. The van der Waals surface area contributed by atoms with Crippen LogP contribution in [-0.4, -0.2) is 38.3 Å². The Kier molecular flexibility index (Phi) is 5.82. The molecule has 1 aliphatic rings. The fourth-order valence-corrected chi connectivity index (χ4v) is 2.52. The summed E-state index contributed by atoms with van der Waals surface area (Å²) in [5, 5.41) is 3.39. The van der Waals surface area contributed by atoms with Gasteiger partial charge >= 0.3 is 0 Å². The van der Waals surface area contributed by atoms with E-state index in [1.165, 1.54) is 37.4 Å². The van der Waals surface area contributed by atoms with Gasteiger partial charge in [-0.3, -0.25) is 0 Å². The zero-order chi connectivity index (χ0) is 8.65. The fourth-order valence-electron chi connectivity index (χ4n) is 1.41. The molecule has 0 spiro atoms. The molecule has 2 nitrogen and oxygen atoms in total. The Labute approximate surface area is 79.4 Å². The van der Waals surface area contributed by atoms with Crippen molar-refractivity contribution in [3.8, 4) is 0 Å². The topological polar surface area (TPSA) is 21.3 Å². The second kappa shape index (κ2) is 6.75.